The van der Waals surface area contributed by atoms with E-state index in [-0.39, 0.29) is 30.1 Å². The molecule has 0 radical (unpaired) electrons. The molecule has 10 nitrogen and oxygen atoms in total. The van der Waals surface area contributed by atoms with Crippen LogP contribution < -0.4 is 4.72 Å². The highest BCUT2D eigenvalue weighted by Crippen LogP contribution is 2.19. The smallest absolute Gasteiger partial charge is 0.410 e. The summed E-state index contributed by atoms with van der Waals surface area (Å²) in [7, 11) is -4.03. The van der Waals surface area contributed by atoms with Crippen molar-refractivity contribution in [3.05, 3.63) is 34.4 Å². The number of nitro groups is 1. The summed E-state index contributed by atoms with van der Waals surface area (Å²) in [6, 6.07) is 3.46. The topological polar surface area (TPSA) is 139 Å². The zero-order valence-corrected chi connectivity index (χ0v) is 16.1. The Labute approximate surface area is 157 Å². The Morgan fingerprint density at radius 1 is 1.33 bits per heavy atom. The lowest BCUT2D eigenvalue weighted by molar-refractivity contribution is -0.384. The first kappa shape index (κ1) is 21.1. The summed E-state index contributed by atoms with van der Waals surface area (Å²) < 4.78 is 32.6. The van der Waals surface area contributed by atoms with Gasteiger partial charge in [0.05, 0.1) is 22.0 Å². The van der Waals surface area contributed by atoms with Crippen LogP contribution in [0.1, 0.15) is 27.2 Å². The first-order valence-electron chi connectivity index (χ1n) is 8.32. The van der Waals surface area contributed by atoms with Gasteiger partial charge in [-0.15, -0.1) is 0 Å². The second kappa shape index (κ2) is 7.79. The number of aliphatic hydroxyl groups excluding tert-OH is 1. The molecule has 27 heavy (non-hydrogen) atoms. The molecule has 0 unspecified atom stereocenters. The molecule has 2 atom stereocenters. The van der Waals surface area contributed by atoms with Gasteiger partial charge in [0.1, 0.15) is 5.60 Å². The molecule has 0 spiro atoms. The van der Waals surface area contributed by atoms with E-state index in [0.717, 1.165) is 24.3 Å². The lowest BCUT2D eigenvalue weighted by Gasteiger charge is -2.37. The van der Waals surface area contributed by atoms with E-state index in [1.807, 2.05) is 0 Å². The maximum absolute atomic E-state index is 12.5. The Hall–Kier alpha value is -2.24. The van der Waals surface area contributed by atoms with Gasteiger partial charge in [0.15, 0.2) is 0 Å². The molecule has 0 aliphatic carbocycles. The zero-order valence-electron chi connectivity index (χ0n) is 15.3. The van der Waals surface area contributed by atoms with Gasteiger partial charge >= 0.3 is 6.09 Å². The van der Waals surface area contributed by atoms with E-state index in [0.29, 0.717) is 0 Å². The number of amides is 1. The van der Waals surface area contributed by atoms with E-state index < -0.39 is 38.8 Å². The van der Waals surface area contributed by atoms with Crippen molar-refractivity contribution in [2.75, 3.05) is 13.1 Å². The Balaban J connectivity index is 2.11. The molecule has 1 amide bonds. The van der Waals surface area contributed by atoms with Gasteiger partial charge in [0.2, 0.25) is 10.0 Å². The second-order valence-electron chi connectivity index (χ2n) is 7.26. The van der Waals surface area contributed by atoms with Crippen molar-refractivity contribution in [3.63, 3.8) is 0 Å². The van der Waals surface area contributed by atoms with E-state index in [4.69, 9.17) is 4.74 Å². The normalized spacial score (nSPS) is 21.0. The maximum atomic E-state index is 12.5. The van der Waals surface area contributed by atoms with Crippen LogP contribution >= 0.6 is 0 Å². The Morgan fingerprint density at radius 2 is 1.93 bits per heavy atom. The van der Waals surface area contributed by atoms with Gasteiger partial charge in [0, 0.05) is 25.2 Å². The number of carbonyl (C=O) groups is 1. The van der Waals surface area contributed by atoms with Crippen LogP contribution in [-0.2, 0) is 14.8 Å². The fourth-order valence-electron chi connectivity index (χ4n) is 2.56. The number of aliphatic hydroxyl groups is 1. The van der Waals surface area contributed by atoms with Crippen LogP contribution in [0.2, 0.25) is 0 Å². The number of rotatable bonds is 4. The fraction of sp³-hybridized carbons (Fsp3) is 0.562. The Kier molecular flexibility index (Phi) is 6.07. The third-order valence-electron chi connectivity index (χ3n) is 3.89. The first-order chi connectivity index (χ1) is 12.4. The number of nitro benzene ring substituents is 1. The third kappa shape index (κ3) is 5.62. The number of hydrogen-bond acceptors (Lipinski definition) is 7. The van der Waals surface area contributed by atoms with Crippen molar-refractivity contribution < 1.29 is 28.0 Å². The summed E-state index contributed by atoms with van der Waals surface area (Å²) in [6.45, 7) is 5.35. The lowest BCUT2D eigenvalue weighted by atomic mass is 10.0. The van der Waals surface area contributed by atoms with Crippen molar-refractivity contribution in [1.82, 2.24) is 9.62 Å². The molecule has 0 saturated carbocycles. The van der Waals surface area contributed by atoms with Gasteiger partial charge in [-0.2, -0.15) is 0 Å². The summed E-state index contributed by atoms with van der Waals surface area (Å²) >= 11 is 0. The average Bonchev–Trinajstić information content (AvgIpc) is 2.55. The predicted molar refractivity (Wildman–Crippen MR) is 95.6 cm³/mol. The fourth-order valence-corrected chi connectivity index (χ4v) is 3.82. The lowest BCUT2D eigenvalue weighted by Crippen LogP contribution is -2.56. The van der Waals surface area contributed by atoms with Crippen LogP contribution in [0, 0.1) is 10.1 Å². The molecule has 2 rings (SSSR count). The van der Waals surface area contributed by atoms with Crippen molar-refractivity contribution in [1.29, 1.82) is 0 Å². The summed E-state index contributed by atoms with van der Waals surface area (Å²) in [5, 5.41) is 20.8. The minimum atomic E-state index is -4.03. The largest absolute Gasteiger partial charge is 0.444 e. The summed E-state index contributed by atoms with van der Waals surface area (Å²) in [5.41, 5.74) is -0.927. The number of non-ortho nitro benzene ring substituents is 1. The zero-order chi connectivity index (χ0) is 20.4. The van der Waals surface area contributed by atoms with Crippen molar-refractivity contribution in [2.45, 2.75) is 49.8 Å². The number of nitrogens with zero attached hydrogens (tertiary/aromatic N) is 2. The van der Waals surface area contributed by atoms with E-state index in [2.05, 4.69) is 4.72 Å². The minimum absolute atomic E-state index is 0.0533. The van der Waals surface area contributed by atoms with Crippen molar-refractivity contribution in [3.8, 4) is 0 Å². The number of piperidine rings is 1. The summed E-state index contributed by atoms with van der Waals surface area (Å²) in [6.07, 6.45) is -1.38. The van der Waals surface area contributed by atoms with E-state index in [9.17, 15) is 28.4 Å². The monoisotopic (exact) mass is 401 g/mol. The number of hydrogen-bond donors (Lipinski definition) is 2. The van der Waals surface area contributed by atoms with Gasteiger partial charge in [0.25, 0.3) is 5.69 Å². The summed E-state index contributed by atoms with van der Waals surface area (Å²) in [4.78, 5) is 23.4. The number of carbonyl (C=O) groups excluding carboxylic acids is 1. The molecule has 1 heterocycles. The number of benzene rings is 1. The standard InChI is InChI=1S/C16H23N3O7S/c1-16(2,3)26-15(21)18-9-8-14(20)13(10-18)17-27(24,25)12-6-4-11(5-7-12)19(22)23/h4-7,13-14,17,20H,8-10H2,1-3H3/t13-,14+/m0/s1. The first-order valence-corrected chi connectivity index (χ1v) is 9.80. The molecule has 0 bridgehead atoms. The number of ether oxygens (including phenoxy) is 1. The molecule has 11 heteroatoms. The van der Waals surface area contributed by atoms with E-state index >= 15 is 0 Å². The van der Waals surface area contributed by atoms with Gasteiger partial charge < -0.3 is 14.7 Å². The molecule has 1 aliphatic heterocycles. The quantitative estimate of drug-likeness (QED) is 0.571. The predicted octanol–water partition coefficient (Wildman–Crippen LogP) is 1.24. The highest BCUT2D eigenvalue weighted by Gasteiger charge is 2.35. The molecule has 1 aromatic rings. The molecule has 1 aliphatic rings. The average molecular weight is 401 g/mol. The Bertz CT molecular complexity index is 802. The second-order valence-corrected chi connectivity index (χ2v) is 8.98. The van der Waals surface area contributed by atoms with Crippen LogP contribution in [0.25, 0.3) is 0 Å². The SMILES string of the molecule is CC(C)(C)OC(=O)N1CC[C@@H](O)[C@@H](NS(=O)(=O)c2ccc([N+](=O)[O-])cc2)C1. The highest BCUT2D eigenvalue weighted by molar-refractivity contribution is 7.89. The van der Waals surface area contributed by atoms with Crippen LogP contribution in [0.3, 0.4) is 0 Å². The van der Waals surface area contributed by atoms with Gasteiger partial charge in [-0.3, -0.25) is 10.1 Å². The van der Waals surface area contributed by atoms with Crippen LogP contribution in [0.5, 0.6) is 0 Å². The van der Waals surface area contributed by atoms with Gasteiger partial charge in [-0.25, -0.2) is 17.9 Å². The van der Waals surface area contributed by atoms with Crippen LogP contribution in [0.4, 0.5) is 10.5 Å². The molecule has 1 fully saturated rings. The molecule has 2 N–H and O–H groups in total. The van der Waals surface area contributed by atoms with E-state index in [1.165, 1.54) is 4.90 Å². The minimum Gasteiger partial charge on any atom is -0.444 e. The number of nitrogens with one attached hydrogen (secondary N) is 1. The number of likely N-dealkylation sites (tertiary alicyclic amines) is 1. The maximum Gasteiger partial charge on any atom is 0.410 e. The molecule has 1 aromatic carbocycles. The van der Waals surface area contributed by atoms with Crippen molar-refractivity contribution in [2.24, 2.45) is 0 Å². The molecule has 150 valence electrons. The van der Waals surface area contributed by atoms with Gasteiger partial charge in [-0.1, -0.05) is 0 Å². The van der Waals surface area contributed by atoms with Gasteiger partial charge in [-0.05, 0) is 39.3 Å². The van der Waals surface area contributed by atoms with Crippen molar-refractivity contribution >= 4 is 21.8 Å². The Morgan fingerprint density at radius 3 is 2.44 bits per heavy atom. The highest BCUT2D eigenvalue weighted by atomic mass is 32.2. The molecule has 0 aromatic heterocycles. The molecular weight excluding hydrogens is 378 g/mol. The van der Waals surface area contributed by atoms with Crippen LogP contribution in [-0.4, -0.2) is 60.3 Å². The molecule has 1 saturated heterocycles. The summed E-state index contributed by atoms with van der Waals surface area (Å²) in [5.74, 6) is 0. The molecular formula is C16H23N3O7S. The third-order valence-corrected chi connectivity index (χ3v) is 5.40. The number of sulfonamides is 1. The van der Waals surface area contributed by atoms with E-state index in [1.54, 1.807) is 20.8 Å². The van der Waals surface area contributed by atoms with Crippen LogP contribution in [0.15, 0.2) is 29.2 Å².